The van der Waals surface area contributed by atoms with Crippen LogP contribution in [-0.4, -0.2) is 10.2 Å². The van der Waals surface area contributed by atoms with Gasteiger partial charge < -0.3 is 0 Å². The first-order valence-corrected chi connectivity index (χ1v) is 3.59. The average molecular weight is 181 g/mol. The lowest BCUT2D eigenvalue weighted by molar-refractivity contribution is 0.108. The number of pyridine rings is 1. The van der Waals surface area contributed by atoms with Crippen LogP contribution in [0.25, 0.3) is 0 Å². The smallest absolute Gasteiger partial charge is 0.252 e. The van der Waals surface area contributed by atoms with Gasteiger partial charge in [-0.1, -0.05) is 0 Å². The quantitative estimate of drug-likeness (QED) is 0.618. The maximum atomic E-state index is 10.8. The van der Waals surface area contributed by atoms with Gasteiger partial charge in [0.25, 0.3) is 5.24 Å². The van der Waals surface area contributed by atoms with E-state index in [1.807, 2.05) is 6.07 Å². The fourth-order valence-corrected chi connectivity index (χ4v) is 1.00. The van der Waals surface area contributed by atoms with E-state index in [4.69, 9.17) is 16.9 Å². The van der Waals surface area contributed by atoms with E-state index < -0.39 is 5.24 Å². The van der Waals surface area contributed by atoms with Crippen molar-refractivity contribution in [3.8, 4) is 6.07 Å². The molecule has 1 rings (SSSR count). The molecule has 3 nitrogen and oxygen atoms in total. The van der Waals surface area contributed by atoms with Gasteiger partial charge in [0.05, 0.1) is 0 Å². The minimum Gasteiger partial charge on any atom is -0.276 e. The van der Waals surface area contributed by atoms with Crippen LogP contribution in [0, 0.1) is 18.3 Å². The number of halogens is 1. The summed E-state index contributed by atoms with van der Waals surface area (Å²) in [6.07, 6.45) is 1.45. The number of nitriles is 1. The van der Waals surface area contributed by atoms with E-state index in [1.165, 1.54) is 12.3 Å². The van der Waals surface area contributed by atoms with Gasteiger partial charge in [0.1, 0.15) is 11.8 Å². The monoisotopic (exact) mass is 180 g/mol. The zero-order valence-corrected chi connectivity index (χ0v) is 7.09. The highest BCUT2D eigenvalue weighted by atomic mass is 35.5. The summed E-state index contributed by atoms with van der Waals surface area (Å²) in [5.41, 5.74) is 1.21. The van der Waals surface area contributed by atoms with Gasteiger partial charge in [0.15, 0.2) is 0 Å². The Balaban J connectivity index is 3.28. The second-order valence-corrected chi connectivity index (χ2v) is 2.61. The van der Waals surface area contributed by atoms with Crippen molar-refractivity contribution < 1.29 is 4.79 Å². The summed E-state index contributed by atoms with van der Waals surface area (Å²) in [4.78, 5) is 14.5. The molecule has 0 spiro atoms. The highest BCUT2D eigenvalue weighted by Gasteiger charge is 2.06. The highest BCUT2D eigenvalue weighted by molar-refractivity contribution is 6.67. The molecule has 12 heavy (non-hydrogen) atoms. The molecule has 0 saturated heterocycles. The van der Waals surface area contributed by atoms with Crippen LogP contribution in [0.4, 0.5) is 0 Å². The van der Waals surface area contributed by atoms with E-state index in [9.17, 15) is 4.79 Å². The van der Waals surface area contributed by atoms with Crippen molar-refractivity contribution in [2.45, 2.75) is 6.92 Å². The lowest BCUT2D eigenvalue weighted by Crippen LogP contribution is -1.96. The minimum absolute atomic E-state index is 0.199. The highest BCUT2D eigenvalue weighted by Crippen LogP contribution is 2.10. The summed E-state index contributed by atoms with van der Waals surface area (Å²) in [6, 6.07) is 3.21. The third kappa shape index (κ3) is 1.60. The lowest BCUT2D eigenvalue weighted by Gasteiger charge is -1.98. The number of carbonyl (C=O) groups excluding carboxylic acids is 1. The largest absolute Gasteiger partial charge is 0.276 e. The summed E-state index contributed by atoms with van der Waals surface area (Å²) in [5.74, 6) is 0. The molecule has 0 aliphatic carbocycles. The summed E-state index contributed by atoms with van der Waals surface area (Å²) in [7, 11) is 0. The maximum absolute atomic E-state index is 10.8. The van der Waals surface area contributed by atoms with E-state index in [1.54, 1.807) is 6.92 Å². The van der Waals surface area contributed by atoms with Crippen LogP contribution in [0.15, 0.2) is 12.3 Å². The Labute approximate surface area is 74.6 Å². The molecular weight excluding hydrogens is 176 g/mol. The van der Waals surface area contributed by atoms with E-state index in [-0.39, 0.29) is 5.69 Å². The number of hydrogen-bond donors (Lipinski definition) is 0. The van der Waals surface area contributed by atoms with Crippen LogP contribution in [-0.2, 0) is 0 Å². The summed E-state index contributed by atoms with van der Waals surface area (Å²) in [6.45, 7) is 1.71. The van der Waals surface area contributed by atoms with E-state index in [0.717, 1.165) is 0 Å². The van der Waals surface area contributed by atoms with E-state index in [0.29, 0.717) is 11.1 Å². The van der Waals surface area contributed by atoms with Crippen LogP contribution in [0.2, 0.25) is 0 Å². The minimum atomic E-state index is -0.564. The molecule has 60 valence electrons. The van der Waals surface area contributed by atoms with Crippen molar-refractivity contribution in [1.82, 2.24) is 4.98 Å². The van der Waals surface area contributed by atoms with Gasteiger partial charge in [-0.15, -0.1) is 0 Å². The molecule has 0 aromatic carbocycles. The average Bonchev–Trinajstić information content (AvgIpc) is 2.05. The number of aryl methyl sites for hydroxylation is 1. The predicted molar refractivity (Wildman–Crippen MR) is 43.9 cm³/mol. The van der Waals surface area contributed by atoms with Crippen LogP contribution in [0.1, 0.15) is 21.6 Å². The number of nitrogens with zero attached hydrogens (tertiary/aromatic N) is 2. The summed E-state index contributed by atoms with van der Waals surface area (Å²) in [5, 5.41) is 7.90. The Morgan fingerprint density at radius 3 is 2.92 bits per heavy atom. The Morgan fingerprint density at radius 2 is 2.42 bits per heavy atom. The molecule has 1 aromatic heterocycles. The molecule has 0 unspecified atom stereocenters. The maximum Gasteiger partial charge on any atom is 0.252 e. The molecule has 1 heterocycles. The molecule has 4 heteroatoms. The first kappa shape index (κ1) is 8.69. The van der Waals surface area contributed by atoms with Gasteiger partial charge in [0.2, 0.25) is 0 Å². The molecule has 0 radical (unpaired) electrons. The zero-order valence-electron chi connectivity index (χ0n) is 6.34. The molecular formula is C8H5ClN2O. The van der Waals surface area contributed by atoms with E-state index >= 15 is 0 Å². The molecule has 0 amide bonds. The first-order chi connectivity index (χ1) is 5.65. The number of hydrogen-bond acceptors (Lipinski definition) is 3. The Kier molecular flexibility index (Phi) is 2.41. The Morgan fingerprint density at radius 1 is 1.75 bits per heavy atom. The van der Waals surface area contributed by atoms with Crippen LogP contribution in [0.5, 0.6) is 0 Å². The molecule has 0 N–H and O–H groups in total. The normalized spacial score (nSPS) is 9.08. The zero-order chi connectivity index (χ0) is 9.14. The van der Waals surface area contributed by atoms with Crippen molar-refractivity contribution in [2.24, 2.45) is 0 Å². The summed E-state index contributed by atoms with van der Waals surface area (Å²) >= 11 is 5.26. The van der Waals surface area contributed by atoms with Crippen LogP contribution >= 0.6 is 11.6 Å². The SMILES string of the molecule is Cc1cnc(C#N)cc1C(=O)Cl. The molecule has 0 saturated carbocycles. The fourth-order valence-electron chi connectivity index (χ4n) is 0.797. The molecule has 0 aliphatic rings. The Hall–Kier alpha value is -1.40. The fraction of sp³-hybridized carbons (Fsp3) is 0.125. The van der Waals surface area contributed by atoms with Gasteiger partial charge >= 0.3 is 0 Å². The standard InChI is InChI=1S/C8H5ClN2O/c1-5-4-11-6(3-10)2-7(5)8(9)12/h2,4H,1H3. The molecule has 0 fully saturated rings. The van der Waals surface area contributed by atoms with Crippen molar-refractivity contribution in [3.63, 3.8) is 0 Å². The van der Waals surface area contributed by atoms with Gasteiger partial charge in [-0.05, 0) is 30.2 Å². The molecule has 0 atom stereocenters. The van der Waals surface area contributed by atoms with E-state index in [2.05, 4.69) is 4.98 Å². The predicted octanol–water partition coefficient (Wildman–Crippen LogP) is 1.64. The molecule has 0 bridgehead atoms. The van der Waals surface area contributed by atoms with Gasteiger partial charge in [-0.2, -0.15) is 5.26 Å². The number of carbonyl (C=O) groups is 1. The van der Waals surface area contributed by atoms with Crippen molar-refractivity contribution in [1.29, 1.82) is 5.26 Å². The Bertz CT molecular complexity index is 368. The first-order valence-electron chi connectivity index (χ1n) is 3.21. The van der Waals surface area contributed by atoms with Crippen molar-refractivity contribution in [3.05, 3.63) is 29.1 Å². The van der Waals surface area contributed by atoms with Crippen molar-refractivity contribution >= 4 is 16.8 Å². The third-order valence-electron chi connectivity index (χ3n) is 1.43. The number of rotatable bonds is 1. The van der Waals surface area contributed by atoms with Gasteiger partial charge in [-0.25, -0.2) is 4.98 Å². The molecule has 1 aromatic rings. The second kappa shape index (κ2) is 3.33. The topological polar surface area (TPSA) is 53.8 Å². The second-order valence-electron chi connectivity index (χ2n) is 2.27. The number of aromatic nitrogens is 1. The molecule has 0 aliphatic heterocycles. The third-order valence-corrected chi connectivity index (χ3v) is 1.63. The van der Waals surface area contributed by atoms with Gasteiger partial charge in [-0.3, -0.25) is 4.79 Å². The van der Waals surface area contributed by atoms with Crippen LogP contribution < -0.4 is 0 Å². The van der Waals surface area contributed by atoms with Crippen LogP contribution in [0.3, 0.4) is 0 Å². The van der Waals surface area contributed by atoms with Gasteiger partial charge in [0, 0.05) is 11.8 Å². The van der Waals surface area contributed by atoms with Crippen molar-refractivity contribution in [2.75, 3.05) is 0 Å². The summed E-state index contributed by atoms with van der Waals surface area (Å²) < 4.78 is 0. The lowest BCUT2D eigenvalue weighted by atomic mass is 10.1.